The van der Waals surface area contributed by atoms with Crippen molar-refractivity contribution in [2.75, 3.05) is 6.67 Å². The van der Waals surface area contributed by atoms with Gasteiger partial charge in [0.2, 0.25) is 0 Å². The number of hydrogen-bond acceptors (Lipinski definition) is 8. The molecule has 7 nitrogen and oxygen atoms in total. The van der Waals surface area contributed by atoms with Gasteiger partial charge in [-0.05, 0) is 30.5 Å². The number of alkyl halides is 1. The van der Waals surface area contributed by atoms with Crippen molar-refractivity contribution in [1.29, 1.82) is 0 Å². The molecule has 0 aliphatic carbocycles. The average Bonchev–Trinajstić information content (AvgIpc) is 3.33. The van der Waals surface area contributed by atoms with E-state index in [1.54, 1.807) is 6.20 Å². The van der Waals surface area contributed by atoms with Crippen LogP contribution in [0.15, 0.2) is 65.3 Å². The van der Waals surface area contributed by atoms with Gasteiger partial charge in [0.15, 0.2) is 0 Å². The summed E-state index contributed by atoms with van der Waals surface area (Å²) in [6.07, 6.45) is 5.79. The normalized spacial score (nSPS) is 13.4. The highest BCUT2D eigenvalue weighted by atomic mass is 32.2. The van der Waals surface area contributed by atoms with E-state index >= 15 is 0 Å². The molecule has 0 spiro atoms. The Morgan fingerprint density at radius 2 is 1.91 bits per heavy atom. The summed E-state index contributed by atoms with van der Waals surface area (Å²) < 4.78 is 42.4. The minimum Gasteiger partial charge on any atom is -0.340 e. The maximum absolute atomic E-state index is 12.9. The van der Waals surface area contributed by atoms with Crippen LogP contribution in [0.4, 0.5) is 4.39 Å². The molecule has 0 fully saturated rings. The van der Waals surface area contributed by atoms with Crippen LogP contribution in [0, 0.1) is 0 Å². The standard InChI is InChI=1S/C22H24FN3O4S2/c23-11-3-1-2-10-22(24,21(27)30-32(28,29)19-5-4-12-25-16-19)15-17-6-8-18(9-7-17)20-26-13-14-31-20/h4-9,12-14,16H,1-3,10-11,15,24H2. The van der Waals surface area contributed by atoms with E-state index in [0.29, 0.717) is 19.3 Å². The van der Waals surface area contributed by atoms with Gasteiger partial charge in [-0.25, -0.2) is 9.78 Å². The lowest BCUT2D eigenvalue weighted by atomic mass is 9.86. The lowest BCUT2D eigenvalue weighted by Gasteiger charge is -2.27. The summed E-state index contributed by atoms with van der Waals surface area (Å²) >= 11 is 1.51. The summed E-state index contributed by atoms with van der Waals surface area (Å²) in [5.74, 6) is -1.05. The van der Waals surface area contributed by atoms with E-state index in [1.165, 1.54) is 29.7 Å². The molecule has 1 aromatic carbocycles. The number of pyridine rings is 1. The lowest BCUT2D eigenvalue weighted by molar-refractivity contribution is -0.140. The number of unbranched alkanes of at least 4 members (excludes halogenated alkanes) is 2. The summed E-state index contributed by atoms with van der Waals surface area (Å²) in [6.45, 7) is -0.463. The molecular formula is C22H24FN3O4S2. The van der Waals surface area contributed by atoms with Crippen molar-refractivity contribution in [3.63, 3.8) is 0 Å². The van der Waals surface area contributed by atoms with E-state index in [4.69, 9.17) is 9.92 Å². The fourth-order valence-electron chi connectivity index (χ4n) is 3.20. The van der Waals surface area contributed by atoms with Crippen molar-refractivity contribution < 1.29 is 21.8 Å². The highest BCUT2D eigenvalue weighted by Crippen LogP contribution is 2.26. The summed E-state index contributed by atoms with van der Waals surface area (Å²) in [6, 6.07) is 10.1. The van der Waals surface area contributed by atoms with Gasteiger partial charge in [0, 0.05) is 36.0 Å². The molecule has 3 rings (SSSR count). The first-order valence-corrected chi connectivity index (χ1v) is 12.4. The Hall–Kier alpha value is -2.69. The van der Waals surface area contributed by atoms with E-state index in [2.05, 4.69) is 9.97 Å². The zero-order valence-corrected chi connectivity index (χ0v) is 18.9. The SMILES string of the molecule is NC(CCCCCF)(Cc1ccc(-c2nccs2)cc1)C(=O)OS(=O)(=O)c1cccnc1. The second-order valence-corrected chi connectivity index (χ2v) is 9.82. The topological polar surface area (TPSA) is 112 Å². The molecule has 0 radical (unpaired) electrons. The minimum atomic E-state index is -4.37. The zero-order valence-electron chi connectivity index (χ0n) is 17.3. The molecule has 32 heavy (non-hydrogen) atoms. The Kier molecular flexibility index (Phi) is 8.05. The lowest BCUT2D eigenvalue weighted by Crippen LogP contribution is -2.51. The Bertz CT molecular complexity index is 1110. The third-order valence-corrected chi connectivity index (χ3v) is 6.94. The highest BCUT2D eigenvalue weighted by Gasteiger charge is 2.38. The van der Waals surface area contributed by atoms with Crippen molar-refractivity contribution in [3.8, 4) is 10.6 Å². The minimum absolute atomic E-state index is 0.0716. The second kappa shape index (κ2) is 10.8. The van der Waals surface area contributed by atoms with Gasteiger partial charge in [0.25, 0.3) is 0 Å². The highest BCUT2D eigenvalue weighted by molar-refractivity contribution is 7.87. The number of nitrogens with zero attached hydrogens (tertiary/aromatic N) is 2. The summed E-state index contributed by atoms with van der Waals surface area (Å²) in [4.78, 5) is 20.7. The van der Waals surface area contributed by atoms with Crippen LogP contribution in [0.5, 0.6) is 0 Å². The van der Waals surface area contributed by atoms with Crippen LogP contribution in [0.1, 0.15) is 31.2 Å². The van der Waals surface area contributed by atoms with E-state index in [0.717, 1.165) is 22.3 Å². The van der Waals surface area contributed by atoms with Crippen LogP contribution in [0.3, 0.4) is 0 Å². The summed E-state index contributed by atoms with van der Waals surface area (Å²) in [5.41, 5.74) is 6.50. The predicted molar refractivity (Wildman–Crippen MR) is 120 cm³/mol. The number of thiazole rings is 1. The quantitative estimate of drug-likeness (QED) is 0.329. The van der Waals surface area contributed by atoms with Crippen LogP contribution >= 0.6 is 11.3 Å². The number of benzene rings is 1. The second-order valence-electron chi connectivity index (χ2n) is 7.38. The molecule has 2 aromatic heterocycles. The molecule has 0 saturated carbocycles. The number of rotatable bonds is 11. The first-order chi connectivity index (χ1) is 15.3. The number of hydrogen-bond donors (Lipinski definition) is 1. The van der Waals surface area contributed by atoms with Crippen molar-refractivity contribution in [1.82, 2.24) is 9.97 Å². The molecule has 2 heterocycles. The van der Waals surface area contributed by atoms with E-state index in [1.807, 2.05) is 29.6 Å². The smallest absolute Gasteiger partial charge is 0.340 e. The maximum atomic E-state index is 12.9. The van der Waals surface area contributed by atoms with Crippen LogP contribution < -0.4 is 5.73 Å². The van der Waals surface area contributed by atoms with Gasteiger partial charge in [0.05, 0.1) is 6.67 Å². The fourth-order valence-corrected chi connectivity index (χ4v) is 4.74. The van der Waals surface area contributed by atoms with E-state index in [-0.39, 0.29) is 17.7 Å². The monoisotopic (exact) mass is 477 g/mol. The number of halogens is 1. The van der Waals surface area contributed by atoms with Gasteiger partial charge in [-0.3, -0.25) is 9.37 Å². The molecule has 0 aliphatic rings. The molecule has 2 N–H and O–H groups in total. The van der Waals surface area contributed by atoms with Crippen molar-refractivity contribution in [2.24, 2.45) is 5.73 Å². The molecule has 0 aliphatic heterocycles. The maximum Gasteiger partial charge on any atom is 0.343 e. The number of carbonyl (C=O) groups excluding carboxylic acids is 1. The summed E-state index contributed by atoms with van der Waals surface area (Å²) in [5, 5.41) is 2.74. The number of aromatic nitrogens is 2. The Morgan fingerprint density at radius 3 is 2.53 bits per heavy atom. The van der Waals surface area contributed by atoms with Crippen molar-refractivity contribution in [3.05, 3.63) is 65.9 Å². The van der Waals surface area contributed by atoms with Gasteiger partial charge >= 0.3 is 16.1 Å². The average molecular weight is 478 g/mol. The van der Waals surface area contributed by atoms with Crippen molar-refractivity contribution >= 4 is 27.4 Å². The zero-order chi connectivity index (χ0) is 23.0. The largest absolute Gasteiger partial charge is 0.343 e. The third kappa shape index (κ3) is 6.18. The van der Waals surface area contributed by atoms with E-state index < -0.39 is 28.3 Å². The van der Waals surface area contributed by atoms with Crippen molar-refractivity contribution in [2.45, 2.75) is 42.5 Å². The van der Waals surface area contributed by atoms with Crippen LogP contribution in [-0.2, 0) is 25.5 Å². The Morgan fingerprint density at radius 1 is 1.12 bits per heavy atom. The number of carbonyl (C=O) groups is 1. The molecule has 3 aromatic rings. The molecule has 0 bridgehead atoms. The van der Waals surface area contributed by atoms with Crippen LogP contribution in [-0.4, -0.2) is 36.6 Å². The number of nitrogens with two attached hydrogens (primary N) is 1. The Balaban J connectivity index is 1.79. The fraction of sp³-hybridized carbons (Fsp3) is 0.318. The molecule has 0 saturated heterocycles. The first kappa shape index (κ1) is 24.0. The molecular weight excluding hydrogens is 453 g/mol. The Labute approximate surface area is 190 Å². The predicted octanol–water partition coefficient (Wildman–Crippen LogP) is 3.91. The van der Waals surface area contributed by atoms with Gasteiger partial charge in [-0.1, -0.05) is 37.1 Å². The van der Waals surface area contributed by atoms with Gasteiger partial charge < -0.3 is 9.92 Å². The molecule has 1 unspecified atom stereocenters. The van der Waals surface area contributed by atoms with Crippen LogP contribution in [0.25, 0.3) is 10.6 Å². The van der Waals surface area contributed by atoms with Crippen LogP contribution in [0.2, 0.25) is 0 Å². The molecule has 0 amide bonds. The molecule has 170 valence electrons. The van der Waals surface area contributed by atoms with E-state index in [9.17, 15) is 17.6 Å². The van der Waals surface area contributed by atoms with Gasteiger partial charge in [0.1, 0.15) is 15.4 Å². The third-order valence-electron chi connectivity index (χ3n) is 4.92. The molecule has 10 heteroatoms. The van der Waals surface area contributed by atoms with Gasteiger partial charge in [-0.2, -0.15) is 8.42 Å². The van der Waals surface area contributed by atoms with Gasteiger partial charge in [-0.15, -0.1) is 11.3 Å². The summed E-state index contributed by atoms with van der Waals surface area (Å²) in [7, 11) is -4.37. The first-order valence-electron chi connectivity index (χ1n) is 10.1. The molecule has 1 atom stereocenters.